The zero-order valence-corrected chi connectivity index (χ0v) is 25.4. The Bertz CT molecular complexity index is 2640. The summed E-state index contributed by atoms with van der Waals surface area (Å²) in [6, 6.07) is 57.7. The molecule has 0 N–H and O–H groups in total. The van der Waals surface area contributed by atoms with Gasteiger partial charge in [0.05, 0.1) is 17.6 Å². The molecule has 0 saturated carbocycles. The van der Waals surface area contributed by atoms with Gasteiger partial charge in [-0.3, -0.25) is 4.57 Å². The molecule has 0 spiro atoms. The molecule has 0 aliphatic rings. The molecule has 3 nitrogen and oxygen atoms in total. The second-order valence-electron chi connectivity index (χ2n) is 11.9. The van der Waals surface area contributed by atoms with Gasteiger partial charge in [0.25, 0.3) is 0 Å². The number of aromatic nitrogens is 2. The lowest BCUT2D eigenvalue weighted by Crippen LogP contribution is -1.98. The van der Waals surface area contributed by atoms with Crippen molar-refractivity contribution in [3.63, 3.8) is 0 Å². The Morgan fingerprint density at radius 1 is 0.468 bits per heavy atom. The highest BCUT2D eigenvalue weighted by atomic mass is 15.1. The molecule has 0 aliphatic carbocycles. The van der Waals surface area contributed by atoms with E-state index in [2.05, 4.69) is 137 Å². The van der Waals surface area contributed by atoms with Gasteiger partial charge in [0.15, 0.2) is 5.69 Å². The van der Waals surface area contributed by atoms with Gasteiger partial charge in [-0.15, -0.1) is 0 Å². The first-order valence-electron chi connectivity index (χ1n) is 15.8. The highest BCUT2D eigenvalue weighted by molar-refractivity contribution is 6.21. The number of nitrogens with zero attached hydrogens (tertiary/aromatic N) is 3. The van der Waals surface area contributed by atoms with Crippen LogP contribution < -0.4 is 0 Å². The first-order chi connectivity index (χ1) is 23.3. The number of fused-ring (bicyclic) bond motifs is 4. The zero-order valence-electron chi connectivity index (χ0n) is 25.4. The first-order valence-corrected chi connectivity index (χ1v) is 15.8. The molecule has 9 aromatic rings. The van der Waals surface area contributed by atoms with Gasteiger partial charge < -0.3 is 0 Å². The largest absolute Gasteiger partial charge is 0.292 e. The van der Waals surface area contributed by atoms with Crippen molar-refractivity contribution in [1.29, 1.82) is 0 Å². The van der Waals surface area contributed by atoms with Crippen molar-refractivity contribution in [2.45, 2.75) is 0 Å². The predicted octanol–water partition coefficient (Wildman–Crippen LogP) is 12.0. The summed E-state index contributed by atoms with van der Waals surface area (Å²) in [6.45, 7) is 7.56. The molecule has 3 heteroatoms. The van der Waals surface area contributed by atoms with Gasteiger partial charge in [0.2, 0.25) is 0 Å². The zero-order chi connectivity index (χ0) is 31.3. The molecule has 1 heterocycles. The van der Waals surface area contributed by atoms with Crippen molar-refractivity contribution in [3.05, 3.63) is 175 Å². The number of hydrogen-bond acceptors (Lipinski definition) is 1. The van der Waals surface area contributed by atoms with E-state index in [0.717, 1.165) is 33.7 Å². The van der Waals surface area contributed by atoms with Gasteiger partial charge in [-0.25, -0.2) is 9.83 Å². The molecule has 9 rings (SSSR count). The topological polar surface area (TPSA) is 22.2 Å². The second kappa shape index (κ2) is 10.8. The number of hydrogen-bond donors (Lipinski definition) is 0. The molecule has 0 aliphatic heterocycles. The minimum atomic E-state index is 0.583. The molecule has 0 saturated heterocycles. The van der Waals surface area contributed by atoms with Crippen LogP contribution in [0.15, 0.2) is 164 Å². The Labute approximate surface area is 272 Å². The average Bonchev–Trinajstić information content (AvgIpc) is 3.53. The third kappa shape index (κ3) is 4.39. The highest BCUT2D eigenvalue weighted by Crippen LogP contribution is 2.44. The molecule has 0 amide bonds. The van der Waals surface area contributed by atoms with Crippen LogP contribution >= 0.6 is 0 Å². The van der Waals surface area contributed by atoms with Crippen LogP contribution in [0.5, 0.6) is 0 Å². The summed E-state index contributed by atoms with van der Waals surface area (Å²) in [5.41, 5.74) is 9.22. The van der Waals surface area contributed by atoms with E-state index in [0.29, 0.717) is 5.69 Å². The quantitative estimate of drug-likeness (QED) is 0.146. The van der Waals surface area contributed by atoms with Gasteiger partial charge in [-0.05, 0) is 84.9 Å². The summed E-state index contributed by atoms with van der Waals surface area (Å²) in [5, 5.41) is 7.36. The Balaban J connectivity index is 1.31. The molecular formula is C44H27N3. The fourth-order valence-corrected chi connectivity index (χ4v) is 7.08. The van der Waals surface area contributed by atoms with Gasteiger partial charge in [-0.2, -0.15) is 0 Å². The van der Waals surface area contributed by atoms with Crippen molar-refractivity contribution < 1.29 is 0 Å². The van der Waals surface area contributed by atoms with Crippen molar-refractivity contribution in [3.8, 4) is 39.3 Å². The number of benzene rings is 8. The van der Waals surface area contributed by atoms with Crippen molar-refractivity contribution in [2.75, 3.05) is 0 Å². The van der Waals surface area contributed by atoms with Crippen molar-refractivity contribution in [2.24, 2.45) is 0 Å². The Kier molecular flexibility index (Phi) is 6.19. The van der Waals surface area contributed by atoms with E-state index >= 15 is 0 Å². The maximum Gasteiger partial charge on any atom is 0.189 e. The van der Waals surface area contributed by atoms with Crippen LogP contribution in [0.3, 0.4) is 0 Å². The summed E-state index contributed by atoms with van der Waals surface area (Å²) in [6.07, 6.45) is 0. The van der Waals surface area contributed by atoms with Crippen LogP contribution in [0.2, 0.25) is 0 Å². The lowest BCUT2D eigenvalue weighted by Gasteiger charge is -2.19. The molecule has 0 fully saturated rings. The van der Waals surface area contributed by atoms with Crippen molar-refractivity contribution in [1.82, 2.24) is 9.55 Å². The minimum absolute atomic E-state index is 0.583. The van der Waals surface area contributed by atoms with E-state index in [1.807, 2.05) is 36.4 Å². The Morgan fingerprint density at radius 2 is 1.06 bits per heavy atom. The Hall–Kier alpha value is -6.50. The monoisotopic (exact) mass is 597 g/mol. The molecule has 0 bridgehead atoms. The summed E-state index contributed by atoms with van der Waals surface area (Å²) >= 11 is 0. The van der Waals surface area contributed by atoms with Gasteiger partial charge in [-0.1, -0.05) is 133 Å². The second-order valence-corrected chi connectivity index (χ2v) is 11.9. The maximum absolute atomic E-state index is 7.56. The lowest BCUT2D eigenvalue weighted by atomic mass is 9.85. The third-order valence-electron chi connectivity index (χ3n) is 9.16. The molecule has 0 atom stereocenters. The summed E-state index contributed by atoms with van der Waals surface area (Å²) in [4.78, 5) is 8.72. The normalized spacial score (nSPS) is 11.4. The van der Waals surface area contributed by atoms with Crippen LogP contribution in [-0.2, 0) is 0 Å². The third-order valence-corrected chi connectivity index (χ3v) is 9.16. The molecular weight excluding hydrogens is 571 g/mol. The molecule has 0 unspecified atom stereocenters. The summed E-state index contributed by atoms with van der Waals surface area (Å²) in [7, 11) is 0. The van der Waals surface area contributed by atoms with E-state index in [1.54, 1.807) is 0 Å². The van der Waals surface area contributed by atoms with E-state index < -0.39 is 0 Å². The fraction of sp³-hybridized carbons (Fsp3) is 0. The summed E-state index contributed by atoms with van der Waals surface area (Å²) in [5.74, 6) is 0.848. The molecule has 0 radical (unpaired) electrons. The van der Waals surface area contributed by atoms with E-state index in [-0.39, 0.29) is 0 Å². The SMILES string of the molecule is [C-]#[N+]c1ccc2c(c1)nc(-c1ccccc1)n2-c1cccc(-c2c3ccccc3c(-c3ccc4ccccc4c3)c3ccccc23)c1. The molecule has 47 heavy (non-hydrogen) atoms. The van der Waals surface area contributed by atoms with E-state index in [4.69, 9.17) is 11.6 Å². The standard InChI is InChI=1S/C44H27N3/c1-45-34-24-25-41-40(28-34)46-44(30-13-3-2-4-14-30)47(41)35-17-11-16-32(27-35)42-36-18-7-9-20-38(36)43(39-21-10-8-19-37(39)42)33-23-22-29-12-5-6-15-31(29)26-33/h2-28H. The fourth-order valence-electron chi connectivity index (χ4n) is 7.08. The maximum atomic E-state index is 7.56. The Morgan fingerprint density at radius 3 is 1.74 bits per heavy atom. The smallest absolute Gasteiger partial charge is 0.189 e. The van der Waals surface area contributed by atoms with Gasteiger partial charge in [0.1, 0.15) is 5.82 Å². The summed E-state index contributed by atoms with van der Waals surface area (Å²) < 4.78 is 2.22. The van der Waals surface area contributed by atoms with Gasteiger partial charge >= 0.3 is 0 Å². The number of imidazole rings is 1. The molecule has 218 valence electrons. The molecule has 8 aromatic carbocycles. The van der Waals surface area contributed by atoms with Crippen LogP contribution in [-0.4, -0.2) is 9.55 Å². The van der Waals surface area contributed by atoms with Crippen LogP contribution in [0.4, 0.5) is 5.69 Å². The highest BCUT2D eigenvalue weighted by Gasteiger charge is 2.19. The van der Waals surface area contributed by atoms with E-state index in [1.165, 1.54) is 49.0 Å². The predicted molar refractivity (Wildman–Crippen MR) is 196 cm³/mol. The average molecular weight is 598 g/mol. The minimum Gasteiger partial charge on any atom is -0.292 e. The first kappa shape index (κ1) is 26.9. The van der Waals surface area contributed by atoms with Crippen LogP contribution in [0, 0.1) is 6.57 Å². The van der Waals surface area contributed by atoms with Crippen LogP contribution in [0.25, 0.3) is 87.5 Å². The van der Waals surface area contributed by atoms with E-state index in [9.17, 15) is 0 Å². The lowest BCUT2D eigenvalue weighted by molar-refractivity contribution is 1.10. The van der Waals surface area contributed by atoms with Gasteiger partial charge in [0, 0.05) is 11.3 Å². The molecule has 1 aromatic heterocycles. The van der Waals surface area contributed by atoms with Crippen molar-refractivity contribution >= 4 is 49.0 Å². The number of rotatable bonds is 4. The van der Waals surface area contributed by atoms with Crippen LogP contribution in [0.1, 0.15) is 0 Å².